The summed E-state index contributed by atoms with van der Waals surface area (Å²) in [6.45, 7) is 13.2. The van der Waals surface area contributed by atoms with Crippen LogP contribution in [0.4, 0.5) is 0 Å². The molecule has 0 aromatic heterocycles. The van der Waals surface area contributed by atoms with Gasteiger partial charge in [0.1, 0.15) is 0 Å². The van der Waals surface area contributed by atoms with Crippen molar-refractivity contribution in [3.63, 3.8) is 0 Å². The number of rotatable bonds is 3. The molecular weight excluding hydrogens is 359 g/mol. The molecule has 0 saturated heterocycles. The molecule has 0 radical (unpaired) electrons. The van der Waals surface area contributed by atoms with E-state index in [0.29, 0.717) is 0 Å². The SMILES string of the molecule is CC(C)(C)c1ccc(-c2ccc(C(C)(C)C)cc2[P+](=O)c2ccccc2)cc1. The molecule has 0 amide bonds. The third kappa shape index (κ3) is 4.42. The van der Waals surface area contributed by atoms with Crippen LogP contribution in [0.3, 0.4) is 0 Å². The molecule has 0 heterocycles. The molecule has 0 saturated carbocycles. The minimum atomic E-state index is -1.66. The molecular formula is C26H30OP+. The number of benzene rings is 3. The molecule has 0 fully saturated rings. The van der Waals surface area contributed by atoms with E-state index in [4.69, 9.17) is 0 Å². The van der Waals surface area contributed by atoms with Gasteiger partial charge >= 0.3 is 7.80 Å². The van der Waals surface area contributed by atoms with Crippen molar-refractivity contribution in [2.45, 2.75) is 52.4 Å². The maximum atomic E-state index is 13.5. The van der Waals surface area contributed by atoms with Gasteiger partial charge in [0.25, 0.3) is 0 Å². The van der Waals surface area contributed by atoms with Gasteiger partial charge in [0, 0.05) is 5.56 Å². The van der Waals surface area contributed by atoms with Crippen molar-refractivity contribution in [2.24, 2.45) is 0 Å². The normalized spacial score (nSPS) is 12.7. The van der Waals surface area contributed by atoms with Crippen molar-refractivity contribution < 1.29 is 4.57 Å². The van der Waals surface area contributed by atoms with Gasteiger partial charge < -0.3 is 0 Å². The summed E-state index contributed by atoms with van der Waals surface area (Å²) in [6, 6.07) is 24.9. The minimum absolute atomic E-state index is 0.0102. The lowest BCUT2D eigenvalue weighted by Gasteiger charge is -2.20. The Morgan fingerprint density at radius 2 is 1.18 bits per heavy atom. The summed E-state index contributed by atoms with van der Waals surface area (Å²) in [5.41, 5.74) is 4.80. The first kappa shape index (κ1) is 20.5. The minimum Gasteiger partial charge on any atom is -0.0619 e. The van der Waals surface area contributed by atoms with Crippen molar-refractivity contribution in [2.75, 3.05) is 0 Å². The zero-order valence-corrected chi connectivity index (χ0v) is 18.7. The van der Waals surface area contributed by atoms with Crippen LogP contribution in [0.2, 0.25) is 0 Å². The molecule has 144 valence electrons. The van der Waals surface area contributed by atoms with E-state index in [1.165, 1.54) is 11.1 Å². The smallest absolute Gasteiger partial charge is 0.0619 e. The van der Waals surface area contributed by atoms with Crippen LogP contribution in [0, 0.1) is 0 Å². The van der Waals surface area contributed by atoms with E-state index in [2.05, 4.69) is 84.0 Å². The fourth-order valence-electron chi connectivity index (χ4n) is 3.26. The first-order valence-corrected chi connectivity index (χ1v) is 11.1. The van der Waals surface area contributed by atoms with Crippen molar-refractivity contribution in [1.82, 2.24) is 0 Å². The van der Waals surface area contributed by atoms with Gasteiger partial charge in [-0.1, -0.05) is 94.6 Å². The van der Waals surface area contributed by atoms with Gasteiger partial charge in [0.05, 0.1) is 0 Å². The Morgan fingerprint density at radius 3 is 1.71 bits per heavy atom. The lowest BCUT2D eigenvalue weighted by atomic mass is 9.85. The Kier molecular flexibility index (Phi) is 5.60. The summed E-state index contributed by atoms with van der Waals surface area (Å²) < 4.78 is 13.5. The molecule has 3 rings (SSSR count). The maximum absolute atomic E-state index is 13.5. The van der Waals surface area contributed by atoms with Gasteiger partial charge in [-0.05, 0) is 51.8 Å². The highest BCUT2D eigenvalue weighted by Crippen LogP contribution is 2.33. The van der Waals surface area contributed by atoms with Crippen molar-refractivity contribution in [3.05, 3.63) is 83.9 Å². The molecule has 0 aliphatic carbocycles. The average Bonchev–Trinajstić information content (AvgIpc) is 2.66. The summed E-state index contributed by atoms with van der Waals surface area (Å²) in [7, 11) is -1.66. The van der Waals surface area contributed by atoms with Crippen LogP contribution in [0.1, 0.15) is 52.7 Å². The quantitative estimate of drug-likeness (QED) is 0.454. The molecule has 0 spiro atoms. The van der Waals surface area contributed by atoms with Gasteiger partial charge in [0.2, 0.25) is 5.30 Å². The zero-order valence-electron chi connectivity index (χ0n) is 17.8. The van der Waals surface area contributed by atoms with E-state index in [-0.39, 0.29) is 10.8 Å². The summed E-state index contributed by atoms with van der Waals surface area (Å²) in [4.78, 5) is 0. The first-order valence-electron chi connectivity index (χ1n) is 9.85. The van der Waals surface area contributed by atoms with Crippen LogP contribution in [-0.2, 0) is 15.4 Å². The molecule has 28 heavy (non-hydrogen) atoms. The molecule has 0 aliphatic rings. The van der Waals surface area contributed by atoms with Gasteiger partial charge in [-0.25, -0.2) is 0 Å². The number of hydrogen-bond donors (Lipinski definition) is 0. The summed E-state index contributed by atoms with van der Waals surface area (Å²) in [6.07, 6.45) is 0. The highest BCUT2D eigenvalue weighted by atomic mass is 31.1. The van der Waals surface area contributed by atoms with E-state index in [1.807, 2.05) is 30.3 Å². The second-order valence-electron chi connectivity index (χ2n) is 9.44. The van der Waals surface area contributed by atoms with Gasteiger partial charge in [0.15, 0.2) is 5.30 Å². The van der Waals surface area contributed by atoms with Gasteiger partial charge in [-0.15, -0.1) is 0 Å². The topological polar surface area (TPSA) is 17.1 Å². The highest BCUT2D eigenvalue weighted by Gasteiger charge is 2.29. The predicted octanol–water partition coefficient (Wildman–Crippen LogP) is 6.73. The van der Waals surface area contributed by atoms with Crippen molar-refractivity contribution >= 4 is 18.4 Å². The molecule has 0 aliphatic heterocycles. The standard InChI is InChI=1S/C26H30OP/c1-25(2,3)20-14-12-19(13-15-20)23-17-16-21(26(4,5)6)18-24(23)28(27)22-10-8-7-9-11-22/h7-18H,1-6H3/q+1. The van der Waals surface area contributed by atoms with E-state index in [0.717, 1.165) is 21.7 Å². The van der Waals surface area contributed by atoms with Crippen molar-refractivity contribution in [3.8, 4) is 11.1 Å². The van der Waals surface area contributed by atoms with E-state index in [1.54, 1.807) is 0 Å². The van der Waals surface area contributed by atoms with Crippen LogP contribution in [0.15, 0.2) is 72.8 Å². The van der Waals surface area contributed by atoms with Crippen LogP contribution >= 0.6 is 7.80 Å². The Bertz CT molecular complexity index is 972. The van der Waals surface area contributed by atoms with Crippen LogP contribution in [0.5, 0.6) is 0 Å². The Morgan fingerprint density at radius 1 is 0.643 bits per heavy atom. The molecule has 0 N–H and O–H groups in total. The fraction of sp³-hybridized carbons (Fsp3) is 0.308. The predicted molar refractivity (Wildman–Crippen MR) is 123 cm³/mol. The average molecular weight is 389 g/mol. The second-order valence-corrected chi connectivity index (χ2v) is 11.0. The monoisotopic (exact) mass is 389 g/mol. The van der Waals surface area contributed by atoms with E-state index >= 15 is 0 Å². The molecule has 1 nitrogen and oxygen atoms in total. The summed E-state index contributed by atoms with van der Waals surface area (Å²) in [5, 5.41) is 1.79. The molecule has 0 bridgehead atoms. The molecule has 1 atom stereocenters. The van der Waals surface area contributed by atoms with Crippen LogP contribution < -0.4 is 10.6 Å². The highest BCUT2D eigenvalue weighted by molar-refractivity contribution is 7.61. The van der Waals surface area contributed by atoms with Crippen LogP contribution in [-0.4, -0.2) is 0 Å². The molecule has 3 aromatic rings. The first-order chi connectivity index (χ1) is 13.1. The van der Waals surface area contributed by atoms with Gasteiger partial charge in [-0.3, -0.25) is 0 Å². The zero-order chi connectivity index (χ0) is 20.5. The third-order valence-corrected chi connectivity index (χ3v) is 6.71. The summed E-state index contributed by atoms with van der Waals surface area (Å²) in [5.74, 6) is 0. The largest absolute Gasteiger partial charge is 0.415 e. The number of hydrogen-bond acceptors (Lipinski definition) is 1. The maximum Gasteiger partial charge on any atom is 0.415 e. The summed E-state index contributed by atoms with van der Waals surface area (Å²) >= 11 is 0. The van der Waals surface area contributed by atoms with Crippen molar-refractivity contribution in [1.29, 1.82) is 0 Å². The Hall–Kier alpha value is -2.24. The van der Waals surface area contributed by atoms with Gasteiger partial charge in [-0.2, -0.15) is 0 Å². The third-order valence-electron chi connectivity index (χ3n) is 5.14. The van der Waals surface area contributed by atoms with E-state index in [9.17, 15) is 4.57 Å². The lowest BCUT2D eigenvalue weighted by Crippen LogP contribution is -2.17. The fourth-order valence-corrected chi connectivity index (χ4v) is 4.66. The molecule has 3 aromatic carbocycles. The van der Waals surface area contributed by atoms with Crippen LogP contribution in [0.25, 0.3) is 11.1 Å². The Labute approximate surface area is 170 Å². The Balaban J connectivity index is 2.14. The van der Waals surface area contributed by atoms with E-state index < -0.39 is 7.80 Å². The lowest BCUT2D eigenvalue weighted by molar-refractivity contribution is 0.589. The molecule has 2 heteroatoms. The molecule has 1 unspecified atom stereocenters. The second kappa shape index (κ2) is 7.64.